The van der Waals surface area contributed by atoms with Crippen LogP contribution in [0.1, 0.15) is 6.92 Å². The fourth-order valence-corrected chi connectivity index (χ4v) is 1.30. The molecular weight excluding hydrogens is 220 g/mol. The van der Waals surface area contributed by atoms with Crippen molar-refractivity contribution in [3.8, 4) is 0 Å². The lowest BCUT2D eigenvalue weighted by Crippen LogP contribution is -2.18. The van der Waals surface area contributed by atoms with Crippen molar-refractivity contribution >= 4 is 27.6 Å². The van der Waals surface area contributed by atoms with Gasteiger partial charge in [-0.3, -0.25) is 0 Å². The summed E-state index contributed by atoms with van der Waals surface area (Å²) in [5, 5.41) is 0. The fraction of sp³-hybridized carbons (Fsp3) is 0.429. The molecule has 0 aliphatic heterocycles. The molecule has 1 heterocycles. The number of halogens is 1. The van der Waals surface area contributed by atoms with Gasteiger partial charge in [-0.1, -0.05) is 0 Å². The van der Waals surface area contributed by atoms with Crippen LogP contribution in [0.15, 0.2) is 10.8 Å². The highest BCUT2D eigenvalue weighted by atomic mass is 79.9. The van der Waals surface area contributed by atoms with Crippen molar-refractivity contribution in [1.82, 2.24) is 9.97 Å². The van der Waals surface area contributed by atoms with Crippen molar-refractivity contribution in [3.63, 3.8) is 0 Å². The number of hydrogen-bond donors (Lipinski definition) is 1. The van der Waals surface area contributed by atoms with Gasteiger partial charge in [0.15, 0.2) is 0 Å². The molecule has 0 aliphatic carbocycles. The van der Waals surface area contributed by atoms with Crippen molar-refractivity contribution in [3.05, 3.63) is 10.8 Å². The topological polar surface area (TPSA) is 55.0 Å². The second-order valence-corrected chi connectivity index (χ2v) is 3.20. The number of nitrogen functional groups attached to an aromatic ring is 1. The Morgan fingerprint density at radius 3 is 2.83 bits per heavy atom. The van der Waals surface area contributed by atoms with Crippen LogP contribution in [0.5, 0.6) is 0 Å². The minimum Gasteiger partial charge on any atom is -0.383 e. The molecule has 2 N–H and O–H groups in total. The summed E-state index contributed by atoms with van der Waals surface area (Å²) >= 11 is 3.33. The van der Waals surface area contributed by atoms with Crippen molar-refractivity contribution in [2.75, 3.05) is 24.2 Å². The highest BCUT2D eigenvalue weighted by Gasteiger charge is 2.08. The van der Waals surface area contributed by atoms with Gasteiger partial charge in [-0.15, -0.1) is 0 Å². The van der Waals surface area contributed by atoms with Crippen LogP contribution in [0.4, 0.5) is 11.6 Å². The number of hydrogen-bond acceptors (Lipinski definition) is 4. The van der Waals surface area contributed by atoms with Crippen molar-refractivity contribution in [2.24, 2.45) is 0 Å². The van der Waals surface area contributed by atoms with Crippen LogP contribution in [-0.4, -0.2) is 23.6 Å². The van der Waals surface area contributed by atoms with Crippen LogP contribution >= 0.6 is 15.9 Å². The molecule has 0 radical (unpaired) electrons. The quantitative estimate of drug-likeness (QED) is 0.832. The second-order valence-electron chi connectivity index (χ2n) is 2.41. The molecule has 0 bridgehead atoms. The van der Waals surface area contributed by atoms with Gasteiger partial charge in [0.25, 0.3) is 0 Å². The van der Waals surface area contributed by atoms with E-state index in [0.717, 1.165) is 16.8 Å². The Bertz CT molecular complexity index is 276. The summed E-state index contributed by atoms with van der Waals surface area (Å²) in [7, 11) is 1.95. The van der Waals surface area contributed by atoms with Crippen molar-refractivity contribution in [2.45, 2.75) is 6.92 Å². The molecule has 0 saturated carbocycles. The molecule has 0 saturated heterocycles. The molecule has 1 aromatic heterocycles. The van der Waals surface area contributed by atoms with E-state index in [-0.39, 0.29) is 0 Å². The van der Waals surface area contributed by atoms with Crippen LogP contribution < -0.4 is 10.6 Å². The van der Waals surface area contributed by atoms with Gasteiger partial charge in [0.1, 0.15) is 22.4 Å². The zero-order valence-electron chi connectivity index (χ0n) is 7.08. The SMILES string of the molecule is CCN(C)c1ncnc(N)c1Br. The molecular formula is C7H11BrN4. The van der Waals surface area contributed by atoms with Crippen LogP contribution in [0.3, 0.4) is 0 Å². The number of rotatable bonds is 2. The van der Waals surface area contributed by atoms with Crippen LogP contribution in [0.2, 0.25) is 0 Å². The molecule has 0 spiro atoms. The van der Waals surface area contributed by atoms with Gasteiger partial charge in [0, 0.05) is 13.6 Å². The maximum Gasteiger partial charge on any atom is 0.148 e. The van der Waals surface area contributed by atoms with E-state index in [2.05, 4.69) is 25.9 Å². The first-order valence-electron chi connectivity index (χ1n) is 3.64. The minimum absolute atomic E-state index is 0.473. The first kappa shape index (κ1) is 9.25. The van der Waals surface area contributed by atoms with Gasteiger partial charge in [0.2, 0.25) is 0 Å². The molecule has 1 rings (SSSR count). The maximum atomic E-state index is 5.59. The van der Waals surface area contributed by atoms with Crippen LogP contribution in [0, 0.1) is 0 Å². The summed E-state index contributed by atoms with van der Waals surface area (Å²) < 4.78 is 0.759. The zero-order chi connectivity index (χ0) is 9.14. The van der Waals surface area contributed by atoms with Crippen LogP contribution in [0.25, 0.3) is 0 Å². The molecule has 0 unspecified atom stereocenters. The third kappa shape index (κ3) is 1.66. The molecule has 0 fully saturated rings. The zero-order valence-corrected chi connectivity index (χ0v) is 8.67. The summed E-state index contributed by atoms with van der Waals surface area (Å²) in [4.78, 5) is 9.94. The van der Waals surface area contributed by atoms with Gasteiger partial charge in [0.05, 0.1) is 0 Å². The highest BCUT2D eigenvalue weighted by Crippen LogP contribution is 2.26. The first-order valence-corrected chi connectivity index (χ1v) is 4.43. The van der Waals surface area contributed by atoms with E-state index in [4.69, 9.17) is 5.73 Å². The highest BCUT2D eigenvalue weighted by molar-refractivity contribution is 9.10. The predicted octanol–water partition coefficient (Wildman–Crippen LogP) is 1.28. The summed E-state index contributed by atoms with van der Waals surface area (Å²) in [6.45, 7) is 2.93. The molecule has 5 heteroatoms. The van der Waals surface area contributed by atoms with E-state index in [1.54, 1.807) is 0 Å². The Labute approximate surface area is 79.9 Å². The maximum absolute atomic E-state index is 5.59. The first-order chi connectivity index (χ1) is 5.66. The second kappa shape index (κ2) is 3.71. The Morgan fingerprint density at radius 2 is 2.25 bits per heavy atom. The molecule has 4 nitrogen and oxygen atoms in total. The molecule has 12 heavy (non-hydrogen) atoms. The smallest absolute Gasteiger partial charge is 0.148 e. The Balaban J connectivity index is 3.07. The minimum atomic E-state index is 0.473. The van der Waals surface area contributed by atoms with Gasteiger partial charge in [-0.05, 0) is 22.9 Å². The molecule has 1 aromatic rings. The molecule has 0 amide bonds. The summed E-state index contributed by atoms with van der Waals surface area (Å²) in [6.07, 6.45) is 1.46. The Morgan fingerprint density at radius 1 is 1.58 bits per heavy atom. The third-order valence-electron chi connectivity index (χ3n) is 1.63. The van der Waals surface area contributed by atoms with Crippen LogP contribution in [-0.2, 0) is 0 Å². The van der Waals surface area contributed by atoms with Crippen molar-refractivity contribution < 1.29 is 0 Å². The predicted molar refractivity (Wildman–Crippen MR) is 53.1 cm³/mol. The standard InChI is InChI=1S/C7H11BrN4/c1-3-12(2)7-5(8)6(9)10-4-11-7/h4H,3H2,1-2H3,(H2,9,10,11). The van der Waals surface area contributed by atoms with Gasteiger partial charge < -0.3 is 10.6 Å². The van der Waals surface area contributed by atoms with Gasteiger partial charge in [-0.2, -0.15) is 0 Å². The monoisotopic (exact) mass is 230 g/mol. The Hall–Kier alpha value is -0.840. The van der Waals surface area contributed by atoms with E-state index < -0.39 is 0 Å². The lowest BCUT2D eigenvalue weighted by molar-refractivity contribution is 0.925. The van der Waals surface area contributed by atoms with E-state index in [1.165, 1.54) is 6.33 Å². The van der Waals surface area contributed by atoms with E-state index in [9.17, 15) is 0 Å². The molecule has 66 valence electrons. The summed E-state index contributed by atoms with van der Waals surface area (Å²) in [5.74, 6) is 1.30. The number of nitrogens with two attached hydrogens (primary N) is 1. The van der Waals surface area contributed by atoms with E-state index >= 15 is 0 Å². The largest absolute Gasteiger partial charge is 0.383 e. The number of nitrogens with zero attached hydrogens (tertiary/aromatic N) is 3. The average molecular weight is 231 g/mol. The molecule has 0 atom stereocenters. The summed E-state index contributed by atoms with van der Waals surface area (Å²) in [5.41, 5.74) is 5.59. The number of aromatic nitrogens is 2. The average Bonchev–Trinajstić information content (AvgIpc) is 2.08. The molecule has 0 aromatic carbocycles. The molecule has 0 aliphatic rings. The van der Waals surface area contributed by atoms with Crippen molar-refractivity contribution in [1.29, 1.82) is 0 Å². The lowest BCUT2D eigenvalue weighted by atomic mass is 10.5. The summed E-state index contributed by atoms with van der Waals surface area (Å²) in [6, 6.07) is 0. The number of anilines is 2. The van der Waals surface area contributed by atoms with Gasteiger partial charge >= 0.3 is 0 Å². The fourth-order valence-electron chi connectivity index (χ4n) is 0.790. The van der Waals surface area contributed by atoms with E-state index in [1.807, 2.05) is 18.9 Å². The lowest BCUT2D eigenvalue weighted by Gasteiger charge is -2.16. The normalized spacial score (nSPS) is 9.92. The third-order valence-corrected chi connectivity index (χ3v) is 2.39. The Kier molecular flexibility index (Phi) is 2.86. The van der Waals surface area contributed by atoms with E-state index in [0.29, 0.717) is 5.82 Å². The van der Waals surface area contributed by atoms with Gasteiger partial charge in [-0.25, -0.2) is 9.97 Å².